The minimum Gasteiger partial charge on any atom is -0.310 e. The fourth-order valence-corrected chi connectivity index (χ4v) is 9.21. The minimum absolute atomic E-state index is 0.0293. The maximum Gasteiger partial charge on any atom is 0.0540 e. The first-order valence-corrected chi connectivity index (χ1v) is 19.4. The molecule has 0 aromatic heterocycles. The van der Waals surface area contributed by atoms with Crippen LogP contribution in [0, 0.1) is 0 Å². The molecule has 1 nitrogen and oxygen atoms in total. The van der Waals surface area contributed by atoms with E-state index in [1.54, 1.807) is 0 Å². The number of hydrogen-bond acceptors (Lipinski definition) is 1. The van der Waals surface area contributed by atoms with E-state index in [9.17, 15) is 0 Å². The first kappa shape index (κ1) is 33.2. The van der Waals surface area contributed by atoms with Gasteiger partial charge in [-0.2, -0.15) is 0 Å². The molecule has 1 heteroatoms. The molecule has 0 fully saturated rings. The van der Waals surface area contributed by atoms with Crippen LogP contribution in [0.5, 0.6) is 0 Å². The van der Waals surface area contributed by atoms with E-state index in [0.717, 1.165) is 17.1 Å². The number of hydrogen-bond donors (Lipinski definition) is 0. The largest absolute Gasteiger partial charge is 0.310 e. The van der Waals surface area contributed by atoms with Gasteiger partial charge in [-0.1, -0.05) is 173 Å². The van der Waals surface area contributed by atoms with Gasteiger partial charge in [-0.3, -0.25) is 0 Å². The Balaban J connectivity index is 1.09. The van der Waals surface area contributed by atoms with Crippen LogP contribution in [0.3, 0.4) is 0 Å². The van der Waals surface area contributed by atoms with E-state index in [1.165, 1.54) is 76.8 Å². The van der Waals surface area contributed by atoms with E-state index in [-0.39, 0.29) is 10.8 Å². The van der Waals surface area contributed by atoms with Crippen molar-refractivity contribution >= 4 is 49.4 Å². The monoisotopic (exact) mass is 705 g/mol. The highest BCUT2D eigenvalue weighted by Gasteiger charge is 2.45. The smallest absolute Gasteiger partial charge is 0.0540 e. The molecule has 0 radical (unpaired) electrons. The van der Waals surface area contributed by atoms with Crippen molar-refractivity contribution in [2.24, 2.45) is 0 Å². The number of benzene rings is 9. The van der Waals surface area contributed by atoms with Crippen molar-refractivity contribution in [2.75, 3.05) is 4.90 Å². The summed E-state index contributed by atoms with van der Waals surface area (Å²) in [4.78, 5) is 2.41. The van der Waals surface area contributed by atoms with Gasteiger partial charge in [-0.15, -0.1) is 0 Å². The minimum atomic E-state index is -0.0707. The summed E-state index contributed by atoms with van der Waals surface area (Å²) in [5.74, 6) is 0. The Morgan fingerprint density at radius 3 is 1.47 bits per heavy atom. The third-order valence-corrected chi connectivity index (χ3v) is 12.8. The Labute approximate surface area is 324 Å². The van der Waals surface area contributed by atoms with Gasteiger partial charge in [-0.05, 0) is 125 Å². The molecule has 0 atom stereocenters. The molecule has 0 amide bonds. The van der Waals surface area contributed by atoms with Gasteiger partial charge in [0.1, 0.15) is 0 Å². The van der Waals surface area contributed by atoms with E-state index in [4.69, 9.17) is 0 Å². The van der Waals surface area contributed by atoms with Gasteiger partial charge in [-0.25, -0.2) is 0 Å². The molecule has 1 aliphatic rings. The van der Waals surface area contributed by atoms with Crippen LogP contribution in [0.25, 0.3) is 65.7 Å². The number of anilines is 3. The van der Waals surface area contributed by atoms with E-state index >= 15 is 0 Å². The quantitative estimate of drug-likeness (QED) is 0.161. The second-order valence-electron chi connectivity index (χ2n) is 16.1. The Morgan fingerprint density at radius 2 is 0.782 bits per heavy atom. The highest BCUT2D eigenvalue weighted by Crippen LogP contribution is 2.55. The summed E-state index contributed by atoms with van der Waals surface area (Å²) >= 11 is 0. The van der Waals surface area contributed by atoms with Crippen molar-refractivity contribution in [3.63, 3.8) is 0 Å². The van der Waals surface area contributed by atoms with Gasteiger partial charge in [0.25, 0.3) is 0 Å². The van der Waals surface area contributed by atoms with E-state index in [1.807, 2.05) is 0 Å². The molecule has 55 heavy (non-hydrogen) atoms. The van der Waals surface area contributed by atoms with Gasteiger partial charge in [0.05, 0.1) is 5.69 Å². The predicted molar refractivity (Wildman–Crippen MR) is 236 cm³/mol. The second-order valence-corrected chi connectivity index (χ2v) is 16.1. The van der Waals surface area contributed by atoms with Crippen LogP contribution in [0.4, 0.5) is 17.1 Å². The van der Waals surface area contributed by atoms with Crippen molar-refractivity contribution in [3.8, 4) is 33.4 Å². The molecule has 0 saturated carbocycles. The van der Waals surface area contributed by atoms with Crippen LogP contribution in [-0.2, 0) is 10.8 Å². The lowest BCUT2D eigenvalue weighted by atomic mass is 9.55. The summed E-state index contributed by atoms with van der Waals surface area (Å²) in [5, 5.41) is 7.77. The van der Waals surface area contributed by atoms with Crippen molar-refractivity contribution < 1.29 is 0 Å². The fourth-order valence-electron chi connectivity index (χ4n) is 9.21. The number of fused-ring (bicyclic) bond motifs is 9. The lowest BCUT2D eigenvalue weighted by molar-refractivity contribution is 0.299. The third kappa shape index (κ3) is 5.14. The first-order valence-electron chi connectivity index (χ1n) is 19.4. The van der Waals surface area contributed by atoms with Crippen molar-refractivity contribution in [1.82, 2.24) is 0 Å². The zero-order valence-electron chi connectivity index (χ0n) is 31.8. The normalized spacial score (nSPS) is 14.1. The lowest BCUT2D eigenvalue weighted by Gasteiger charge is -2.48. The lowest BCUT2D eigenvalue weighted by Crippen LogP contribution is -2.43. The molecular formula is C54H43N. The van der Waals surface area contributed by atoms with E-state index in [2.05, 4.69) is 221 Å². The summed E-state index contributed by atoms with van der Waals surface area (Å²) < 4.78 is 0. The zero-order chi connectivity index (χ0) is 37.3. The third-order valence-electron chi connectivity index (χ3n) is 12.8. The van der Waals surface area contributed by atoms with Gasteiger partial charge in [0, 0.05) is 16.9 Å². The van der Waals surface area contributed by atoms with Crippen LogP contribution >= 0.6 is 0 Å². The molecule has 9 aromatic rings. The number of rotatable bonds is 5. The topological polar surface area (TPSA) is 3.24 Å². The molecule has 1 aliphatic carbocycles. The van der Waals surface area contributed by atoms with E-state index in [0.29, 0.717) is 0 Å². The van der Waals surface area contributed by atoms with Crippen LogP contribution < -0.4 is 4.90 Å². The van der Waals surface area contributed by atoms with Gasteiger partial charge >= 0.3 is 0 Å². The van der Waals surface area contributed by atoms with Gasteiger partial charge < -0.3 is 4.90 Å². The van der Waals surface area contributed by atoms with E-state index < -0.39 is 0 Å². The molecule has 0 bridgehead atoms. The van der Waals surface area contributed by atoms with Crippen molar-refractivity contribution in [1.29, 1.82) is 0 Å². The summed E-state index contributed by atoms with van der Waals surface area (Å²) in [7, 11) is 0. The van der Waals surface area contributed by atoms with Crippen LogP contribution in [0.1, 0.15) is 38.8 Å². The Bertz CT molecular complexity index is 2880. The summed E-state index contributed by atoms with van der Waals surface area (Å²) in [6, 6.07) is 69.4. The summed E-state index contributed by atoms with van der Waals surface area (Å²) in [6.45, 7) is 9.63. The molecule has 9 aromatic carbocycles. The molecule has 0 spiro atoms. The number of para-hydroxylation sites is 2. The summed E-state index contributed by atoms with van der Waals surface area (Å²) in [6.07, 6.45) is 0. The van der Waals surface area contributed by atoms with Crippen molar-refractivity contribution in [3.05, 3.63) is 199 Å². The summed E-state index contributed by atoms with van der Waals surface area (Å²) in [5.41, 5.74) is 13.7. The Hall–Kier alpha value is -6.44. The predicted octanol–water partition coefficient (Wildman–Crippen LogP) is 15.2. The maximum absolute atomic E-state index is 2.46. The molecule has 0 heterocycles. The standard InChI is InChI=1S/C54H43N/c1-53(2)50-24-14-12-23-47(50)48-33-29-38(35-51(48)54(53,3)4)41-18-13-15-25-52(41)55(39-16-6-5-7-17-39)40-30-26-36(27-31-40)37-28-32-46-44-21-9-8-19-42(44)43-20-10-11-22-45(43)49(46)34-37/h5-35H,1-4H3. The molecule has 0 aliphatic heterocycles. The fraction of sp³-hybridized carbons (Fsp3) is 0.111. The molecule has 10 rings (SSSR count). The molecule has 264 valence electrons. The van der Waals surface area contributed by atoms with Gasteiger partial charge in [0.2, 0.25) is 0 Å². The molecule has 0 N–H and O–H groups in total. The van der Waals surface area contributed by atoms with Crippen LogP contribution in [0.2, 0.25) is 0 Å². The number of nitrogens with zero attached hydrogens (tertiary/aromatic N) is 1. The van der Waals surface area contributed by atoms with Gasteiger partial charge in [0.15, 0.2) is 0 Å². The van der Waals surface area contributed by atoms with Crippen molar-refractivity contribution in [2.45, 2.75) is 38.5 Å². The molecule has 0 unspecified atom stereocenters. The average Bonchev–Trinajstić information content (AvgIpc) is 3.24. The highest BCUT2D eigenvalue weighted by atomic mass is 15.1. The van der Waals surface area contributed by atoms with Crippen LogP contribution in [0.15, 0.2) is 188 Å². The zero-order valence-corrected chi connectivity index (χ0v) is 31.8. The molecular weight excluding hydrogens is 663 g/mol. The first-order chi connectivity index (χ1) is 26.8. The SMILES string of the molecule is CC1(C)c2ccccc2-c2ccc(-c3ccccc3N(c3ccccc3)c3ccc(-c4ccc5c6ccccc6c6ccccc6c5c4)cc3)cc2C1(C)C. The van der Waals surface area contributed by atoms with Crippen LogP contribution in [-0.4, -0.2) is 0 Å². The Morgan fingerprint density at radius 1 is 0.309 bits per heavy atom. The second kappa shape index (κ2) is 12.6. The maximum atomic E-state index is 2.46. The highest BCUT2D eigenvalue weighted by molar-refractivity contribution is 6.25. The average molecular weight is 706 g/mol. The Kier molecular flexibility index (Phi) is 7.58. The molecule has 0 saturated heterocycles.